The second-order valence-electron chi connectivity index (χ2n) is 0.916. The van der Waals surface area contributed by atoms with Gasteiger partial charge >= 0.3 is 81.1 Å². The summed E-state index contributed by atoms with van der Waals surface area (Å²) in [5.74, 6) is 0. The van der Waals surface area contributed by atoms with Gasteiger partial charge in [0, 0.05) is 0 Å². The van der Waals surface area contributed by atoms with Gasteiger partial charge in [-0.25, -0.2) is 0 Å². The molecule has 0 aromatic heterocycles. The van der Waals surface area contributed by atoms with Crippen LogP contribution in [-0.2, 0) is 0 Å². The Morgan fingerprint density at radius 3 is 1.67 bits per heavy atom. The molecule has 0 saturated heterocycles. The Bertz CT molecular complexity index is 173. The van der Waals surface area contributed by atoms with E-state index in [0.717, 1.165) is 0 Å². The standard InChI is InChI=1S/2CNS.2BrH.Sn/c2*2-1-3;;;/h;;2*1H;/q2*-1;;;+4/p-2. The third-order valence-corrected chi connectivity index (χ3v) is 8.40. The van der Waals surface area contributed by atoms with Crippen LogP contribution >= 0.6 is 49.8 Å². The van der Waals surface area contributed by atoms with Gasteiger partial charge in [-0.2, -0.15) is 0 Å². The Morgan fingerprint density at radius 2 is 1.44 bits per heavy atom. The van der Waals surface area contributed by atoms with Crippen LogP contribution < -0.4 is 0 Å². The van der Waals surface area contributed by atoms with Crippen LogP contribution in [0.5, 0.6) is 0 Å². The van der Waals surface area contributed by atoms with Gasteiger partial charge in [-0.05, 0) is 0 Å². The van der Waals surface area contributed by atoms with Crippen molar-refractivity contribution in [2.75, 3.05) is 0 Å². The molecule has 0 aliphatic rings. The molecule has 0 fully saturated rings. The molecule has 0 aliphatic heterocycles. The number of rotatable bonds is 2. The van der Waals surface area contributed by atoms with Gasteiger partial charge in [0.15, 0.2) is 0 Å². The van der Waals surface area contributed by atoms with Crippen molar-refractivity contribution in [3.63, 3.8) is 0 Å². The molecule has 48 valence electrons. The SMILES string of the molecule is S=C=[N][Sn]([Br])([Br])[N]=C=S. The van der Waals surface area contributed by atoms with Crippen molar-refractivity contribution in [3.05, 3.63) is 0 Å². The number of thiocarbonyl (C=S) groups is 2. The van der Waals surface area contributed by atoms with E-state index in [1.165, 1.54) is 0 Å². The molecule has 0 spiro atoms. The van der Waals surface area contributed by atoms with Gasteiger partial charge in [0.1, 0.15) is 0 Å². The summed E-state index contributed by atoms with van der Waals surface area (Å²) in [6, 6.07) is 0. The summed E-state index contributed by atoms with van der Waals surface area (Å²) in [5, 5.41) is 4.44. The first-order chi connectivity index (χ1) is 4.12. The van der Waals surface area contributed by atoms with Gasteiger partial charge < -0.3 is 0 Å². The van der Waals surface area contributed by atoms with Gasteiger partial charge in [0.05, 0.1) is 0 Å². The Kier molecular flexibility index (Phi) is 5.83. The molecule has 0 saturated carbocycles. The van der Waals surface area contributed by atoms with E-state index in [1.807, 2.05) is 0 Å². The summed E-state index contributed by atoms with van der Waals surface area (Å²) in [5.41, 5.74) is 0. The molecule has 7 heteroatoms. The fourth-order valence-corrected chi connectivity index (χ4v) is 8.21. The van der Waals surface area contributed by atoms with Crippen molar-refractivity contribution in [2.24, 2.45) is 6.43 Å². The third-order valence-electron chi connectivity index (χ3n) is 0.360. The zero-order valence-corrected chi connectivity index (χ0v) is 11.6. The third kappa shape index (κ3) is 5.79. The Balaban J connectivity index is 4.36. The summed E-state index contributed by atoms with van der Waals surface area (Å²) in [6.07, 6.45) is 0. The topological polar surface area (TPSA) is 24.7 Å². The van der Waals surface area contributed by atoms with Crippen molar-refractivity contribution in [1.29, 1.82) is 0 Å². The second kappa shape index (κ2) is 5.07. The average molecular weight is 395 g/mol. The Labute approximate surface area is 79.9 Å². The molecule has 0 bridgehead atoms. The number of nitrogens with zero attached hydrogens (tertiary/aromatic N) is 2. The van der Waals surface area contributed by atoms with E-state index < -0.39 is 14.5 Å². The second-order valence-corrected chi connectivity index (χ2v) is 27.4. The summed E-state index contributed by atoms with van der Waals surface area (Å²) in [6.45, 7) is 0. The van der Waals surface area contributed by atoms with Crippen molar-refractivity contribution in [3.8, 4) is 0 Å². The average Bonchev–Trinajstić information content (AvgIpc) is 1.64. The summed E-state index contributed by atoms with van der Waals surface area (Å²) >= 11 is 12.3. The van der Waals surface area contributed by atoms with Gasteiger partial charge in [0.25, 0.3) is 0 Å². The van der Waals surface area contributed by atoms with Gasteiger partial charge in [-0.1, -0.05) is 0 Å². The first kappa shape index (κ1) is 10.4. The normalized spacial score (nSPS) is 9.11. The predicted molar refractivity (Wildman–Crippen MR) is 53.7 cm³/mol. The Hall–Kier alpha value is 1.36. The van der Waals surface area contributed by atoms with Crippen LogP contribution in [0.2, 0.25) is 0 Å². The van der Waals surface area contributed by atoms with E-state index in [0.29, 0.717) is 0 Å². The fourth-order valence-electron chi connectivity index (χ4n) is 0.135. The number of halogens is 2. The van der Waals surface area contributed by atoms with Crippen LogP contribution in [0.25, 0.3) is 0 Å². The summed E-state index contributed by atoms with van der Waals surface area (Å²) < 4.78 is 7.52. The predicted octanol–water partition coefficient (Wildman–Crippen LogP) is 2.42. The van der Waals surface area contributed by atoms with Crippen molar-refractivity contribution < 1.29 is 0 Å². The molecule has 0 aromatic carbocycles. The molecule has 0 heterocycles. The fraction of sp³-hybridized carbons (Fsp3) is 0. The maximum atomic E-state index is 4.37. The molecule has 0 unspecified atom stereocenters. The van der Waals surface area contributed by atoms with Gasteiger partial charge in [-0.3, -0.25) is 0 Å². The Morgan fingerprint density at radius 1 is 1.11 bits per heavy atom. The van der Waals surface area contributed by atoms with E-state index in [1.54, 1.807) is 0 Å². The number of hydrogen-bond acceptors (Lipinski definition) is 4. The van der Waals surface area contributed by atoms with Crippen LogP contribution in [-0.4, -0.2) is 24.8 Å². The van der Waals surface area contributed by atoms with Gasteiger partial charge in [0.2, 0.25) is 0 Å². The molecule has 0 atom stereocenters. The maximum absolute atomic E-state index is 4.37. The molecule has 2 nitrogen and oxygen atoms in total. The minimum atomic E-state index is -2.93. The summed E-state index contributed by atoms with van der Waals surface area (Å²) in [4.78, 5) is 0. The van der Waals surface area contributed by atoms with Crippen molar-refractivity contribution in [2.45, 2.75) is 0 Å². The van der Waals surface area contributed by atoms with Crippen LogP contribution in [0, 0.1) is 0 Å². The zero-order chi connectivity index (χ0) is 7.33. The minimum absolute atomic E-state index is 2.22. The molecular formula is C2Br2N2S2Sn. The number of hydrogen-bond donors (Lipinski definition) is 0. The van der Waals surface area contributed by atoms with Gasteiger partial charge in [-0.15, -0.1) is 0 Å². The van der Waals surface area contributed by atoms with E-state index in [2.05, 4.69) is 66.6 Å². The molecule has 0 amide bonds. The molecule has 0 radical (unpaired) electrons. The van der Waals surface area contributed by atoms with E-state index in [9.17, 15) is 0 Å². The van der Waals surface area contributed by atoms with E-state index in [-0.39, 0.29) is 0 Å². The summed E-state index contributed by atoms with van der Waals surface area (Å²) in [7, 11) is 0. The molecule has 9 heavy (non-hydrogen) atoms. The molecule has 0 N–H and O–H groups in total. The first-order valence-electron chi connectivity index (χ1n) is 1.68. The van der Waals surface area contributed by atoms with E-state index >= 15 is 0 Å². The molecule has 0 aromatic rings. The quantitative estimate of drug-likeness (QED) is 0.408. The van der Waals surface area contributed by atoms with Crippen LogP contribution in [0.1, 0.15) is 0 Å². The monoisotopic (exact) mass is 394 g/mol. The van der Waals surface area contributed by atoms with E-state index in [4.69, 9.17) is 0 Å². The molecule has 0 aliphatic carbocycles. The molecule has 0 rings (SSSR count). The van der Waals surface area contributed by atoms with Crippen molar-refractivity contribution >= 4 is 74.6 Å². The van der Waals surface area contributed by atoms with Crippen LogP contribution in [0.15, 0.2) is 6.43 Å². The van der Waals surface area contributed by atoms with Crippen LogP contribution in [0.4, 0.5) is 0 Å². The first-order valence-corrected chi connectivity index (χ1v) is 17.8. The van der Waals surface area contributed by atoms with Crippen molar-refractivity contribution in [1.82, 2.24) is 0 Å². The zero-order valence-electron chi connectivity index (χ0n) is 3.97. The molecular weight excluding hydrogens is 395 g/mol. The number of isothiocyanates is 2. The van der Waals surface area contributed by atoms with Crippen LogP contribution in [0.3, 0.4) is 0 Å².